The Balaban J connectivity index is 1.66. The summed E-state index contributed by atoms with van der Waals surface area (Å²) in [5.74, 6) is -3.93. The van der Waals surface area contributed by atoms with Crippen LogP contribution in [-0.2, 0) is 19.1 Å². The number of esters is 2. The molecule has 156 valence electrons. The Hall–Kier alpha value is -4.20. The number of aromatic carboxylic acids is 1. The van der Waals surface area contributed by atoms with E-state index in [4.69, 9.17) is 9.47 Å². The zero-order chi connectivity index (χ0) is 22.2. The highest BCUT2D eigenvalue weighted by Gasteiger charge is 2.38. The van der Waals surface area contributed by atoms with Crippen LogP contribution >= 0.6 is 0 Å². The fraction of sp³-hybridized carbons (Fsp3) is 0.130. The number of benzene rings is 2. The zero-order valence-corrected chi connectivity index (χ0v) is 16.7. The Morgan fingerprint density at radius 2 is 1.74 bits per heavy atom. The average molecular weight is 418 g/mol. The Morgan fingerprint density at radius 3 is 2.45 bits per heavy atom. The molecule has 1 aromatic heterocycles. The van der Waals surface area contributed by atoms with Crippen molar-refractivity contribution >= 4 is 34.5 Å². The number of anilines is 1. The average Bonchev–Trinajstić information content (AvgIpc) is 2.71. The first-order valence-corrected chi connectivity index (χ1v) is 9.40. The molecule has 0 spiro atoms. The smallest absolute Gasteiger partial charge is 0.350 e. The number of pyridine rings is 1. The lowest BCUT2D eigenvalue weighted by molar-refractivity contribution is -0.222. The van der Waals surface area contributed by atoms with E-state index in [0.717, 1.165) is 0 Å². The van der Waals surface area contributed by atoms with Crippen molar-refractivity contribution in [2.24, 2.45) is 0 Å². The van der Waals surface area contributed by atoms with Gasteiger partial charge < -0.3 is 19.9 Å². The fourth-order valence-electron chi connectivity index (χ4n) is 3.20. The minimum atomic E-state index is -1.31. The number of hydrogen-bond donors (Lipinski definition) is 2. The number of cyclic esters (lactones) is 2. The SMILES string of the molecule is CC1(C)OC(=O)C(=CNc2cccc(-c3cc(C(=O)O)c4ccccc4n3)c2)C(=O)O1. The number of rotatable bonds is 4. The van der Waals surface area contributed by atoms with Crippen LogP contribution in [0.2, 0.25) is 0 Å². The number of ether oxygens (including phenoxy) is 2. The van der Waals surface area contributed by atoms with E-state index < -0.39 is 23.7 Å². The molecule has 31 heavy (non-hydrogen) atoms. The summed E-state index contributed by atoms with van der Waals surface area (Å²) in [6.07, 6.45) is 1.22. The molecule has 1 fully saturated rings. The summed E-state index contributed by atoms with van der Waals surface area (Å²) in [5, 5.41) is 13.0. The Bertz CT molecular complexity index is 1240. The van der Waals surface area contributed by atoms with Gasteiger partial charge in [0.1, 0.15) is 0 Å². The number of hydrogen-bond acceptors (Lipinski definition) is 7. The van der Waals surface area contributed by atoms with Gasteiger partial charge in [-0.1, -0.05) is 30.3 Å². The van der Waals surface area contributed by atoms with Crippen LogP contribution in [0.25, 0.3) is 22.2 Å². The lowest BCUT2D eigenvalue weighted by Gasteiger charge is -2.29. The highest BCUT2D eigenvalue weighted by atomic mass is 16.7. The maximum Gasteiger partial charge on any atom is 0.350 e. The molecule has 1 aliphatic rings. The van der Waals surface area contributed by atoms with Crippen LogP contribution in [0.1, 0.15) is 24.2 Å². The number of para-hydroxylation sites is 1. The maximum absolute atomic E-state index is 12.1. The third-order valence-electron chi connectivity index (χ3n) is 4.60. The molecule has 4 rings (SSSR count). The monoisotopic (exact) mass is 418 g/mol. The first-order chi connectivity index (χ1) is 14.7. The number of nitrogens with zero attached hydrogens (tertiary/aromatic N) is 1. The molecule has 0 aliphatic carbocycles. The van der Waals surface area contributed by atoms with Crippen LogP contribution < -0.4 is 5.32 Å². The molecule has 1 saturated heterocycles. The molecular weight excluding hydrogens is 400 g/mol. The Labute approximate surface area is 177 Å². The number of nitrogens with one attached hydrogen (secondary N) is 1. The van der Waals surface area contributed by atoms with E-state index in [0.29, 0.717) is 27.8 Å². The molecule has 0 saturated carbocycles. The van der Waals surface area contributed by atoms with E-state index in [9.17, 15) is 19.5 Å². The predicted molar refractivity (Wildman–Crippen MR) is 112 cm³/mol. The second-order valence-corrected chi connectivity index (χ2v) is 7.34. The third kappa shape index (κ3) is 4.09. The van der Waals surface area contributed by atoms with Crippen molar-refractivity contribution in [3.63, 3.8) is 0 Å². The standard InChI is InChI=1S/C23H18N2O6/c1-23(2)30-21(28)17(22(29)31-23)12-24-14-7-5-6-13(10-14)19-11-16(20(26)27)15-8-3-4-9-18(15)25-19/h3-12,24H,1-2H3,(H,26,27). The Kier molecular flexibility index (Phi) is 4.90. The van der Waals surface area contributed by atoms with Gasteiger partial charge in [-0.3, -0.25) is 0 Å². The summed E-state index contributed by atoms with van der Waals surface area (Å²) in [5.41, 5.74) is 2.14. The molecule has 0 amide bonds. The maximum atomic E-state index is 12.1. The van der Waals surface area contributed by atoms with Gasteiger partial charge in [0.15, 0.2) is 5.57 Å². The quantitative estimate of drug-likeness (QED) is 0.374. The first-order valence-electron chi connectivity index (χ1n) is 9.40. The van der Waals surface area contributed by atoms with E-state index >= 15 is 0 Å². The molecule has 2 aromatic carbocycles. The number of carboxylic acid groups (broad SMARTS) is 1. The van der Waals surface area contributed by atoms with Crippen molar-refractivity contribution < 1.29 is 29.0 Å². The largest absolute Gasteiger partial charge is 0.478 e. The summed E-state index contributed by atoms with van der Waals surface area (Å²) in [7, 11) is 0. The van der Waals surface area contributed by atoms with Crippen molar-refractivity contribution in [2.45, 2.75) is 19.6 Å². The van der Waals surface area contributed by atoms with Crippen LogP contribution in [0, 0.1) is 0 Å². The van der Waals surface area contributed by atoms with Gasteiger partial charge in [0.05, 0.1) is 16.8 Å². The predicted octanol–water partition coefficient (Wildman–Crippen LogP) is 3.73. The number of carbonyl (C=O) groups excluding carboxylic acids is 2. The van der Waals surface area contributed by atoms with Gasteiger partial charge in [-0.15, -0.1) is 0 Å². The fourth-order valence-corrected chi connectivity index (χ4v) is 3.20. The summed E-state index contributed by atoms with van der Waals surface area (Å²) in [4.78, 5) is 40.4. The van der Waals surface area contributed by atoms with Crippen molar-refractivity contribution in [1.82, 2.24) is 4.98 Å². The van der Waals surface area contributed by atoms with Crippen LogP contribution in [0.5, 0.6) is 0 Å². The van der Waals surface area contributed by atoms with Crippen LogP contribution in [0.4, 0.5) is 5.69 Å². The third-order valence-corrected chi connectivity index (χ3v) is 4.60. The van der Waals surface area contributed by atoms with E-state index in [2.05, 4.69) is 10.3 Å². The van der Waals surface area contributed by atoms with Gasteiger partial charge >= 0.3 is 17.9 Å². The topological polar surface area (TPSA) is 115 Å². The zero-order valence-electron chi connectivity index (χ0n) is 16.7. The van der Waals surface area contributed by atoms with E-state index in [1.807, 2.05) is 0 Å². The van der Waals surface area contributed by atoms with E-state index in [1.165, 1.54) is 26.1 Å². The second-order valence-electron chi connectivity index (χ2n) is 7.34. The number of aromatic nitrogens is 1. The van der Waals surface area contributed by atoms with Gasteiger partial charge in [0.25, 0.3) is 5.79 Å². The van der Waals surface area contributed by atoms with Crippen LogP contribution in [0.15, 0.2) is 66.4 Å². The normalized spacial score (nSPS) is 15.2. The summed E-state index contributed by atoms with van der Waals surface area (Å²) < 4.78 is 10.1. The van der Waals surface area contributed by atoms with Gasteiger partial charge in [-0.25, -0.2) is 19.4 Å². The van der Waals surface area contributed by atoms with Gasteiger partial charge in [0, 0.05) is 36.7 Å². The van der Waals surface area contributed by atoms with E-state index in [-0.39, 0.29) is 11.1 Å². The molecule has 8 heteroatoms. The number of carboxylic acids is 1. The molecule has 1 aliphatic heterocycles. The molecule has 2 N–H and O–H groups in total. The second kappa shape index (κ2) is 7.56. The van der Waals surface area contributed by atoms with E-state index in [1.54, 1.807) is 48.5 Å². The Morgan fingerprint density at radius 1 is 1.03 bits per heavy atom. The first kappa shape index (κ1) is 20.1. The summed E-state index contributed by atoms with van der Waals surface area (Å²) in [6, 6.07) is 15.5. The summed E-state index contributed by atoms with van der Waals surface area (Å²) >= 11 is 0. The van der Waals surface area contributed by atoms with Crippen molar-refractivity contribution in [3.05, 3.63) is 71.9 Å². The molecule has 0 bridgehead atoms. The highest BCUT2D eigenvalue weighted by Crippen LogP contribution is 2.27. The van der Waals surface area contributed by atoms with Gasteiger partial charge in [0.2, 0.25) is 0 Å². The van der Waals surface area contributed by atoms with Gasteiger partial charge in [-0.2, -0.15) is 0 Å². The molecule has 2 heterocycles. The number of carbonyl (C=O) groups is 3. The number of fused-ring (bicyclic) bond motifs is 1. The van der Waals surface area contributed by atoms with Crippen LogP contribution in [-0.4, -0.2) is 33.8 Å². The van der Waals surface area contributed by atoms with Crippen molar-refractivity contribution in [2.75, 3.05) is 5.32 Å². The molecule has 0 unspecified atom stereocenters. The molecular formula is C23H18N2O6. The van der Waals surface area contributed by atoms with Crippen molar-refractivity contribution in [3.8, 4) is 11.3 Å². The minimum absolute atomic E-state index is 0.149. The van der Waals surface area contributed by atoms with Crippen molar-refractivity contribution in [1.29, 1.82) is 0 Å². The lowest BCUT2D eigenvalue weighted by Crippen LogP contribution is -2.42. The highest BCUT2D eigenvalue weighted by molar-refractivity contribution is 6.15. The molecule has 0 radical (unpaired) electrons. The molecule has 0 atom stereocenters. The lowest BCUT2D eigenvalue weighted by atomic mass is 10.0. The summed E-state index contributed by atoms with van der Waals surface area (Å²) in [6.45, 7) is 2.94. The van der Waals surface area contributed by atoms with Crippen LogP contribution in [0.3, 0.4) is 0 Å². The minimum Gasteiger partial charge on any atom is -0.478 e. The molecule has 8 nitrogen and oxygen atoms in total. The van der Waals surface area contributed by atoms with Gasteiger partial charge in [-0.05, 0) is 24.3 Å². The molecule has 3 aromatic rings.